The fourth-order valence-corrected chi connectivity index (χ4v) is 1.64. The van der Waals surface area contributed by atoms with Crippen LogP contribution in [0, 0.1) is 0 Å². The van der Waals surface area contributed by atoms with Gasteiger partial charge in [0, 0.05) is 12.2 Å². The van der Waals surface area contributed by atoms with E-state index in [0.717, 1.165) is 23.7 Å². The summed E-state index contributed by atoms with van der Waals surface area (Å²) in [7, 11) is 3.17. The highest BCUT2D eigenvalue weighted by molar-refractivity contribution is 5.46. The fourth-order valence-electron chi connectivity index (χ4n) is 1.64. The van der Waals surface area contributed by atoms with E-state index in [1.54, 1.807) is 13.4 Å². The van der Waals surface area contributed by atoms with Crippen LogP contribution in [0.15, 0.2) is 69.5 Å². The van der Waals surface area contributed by atoms with Crippen LogP contribution in [0.4, 0.5) is 5.69 Å². The second-order valence-electron chi connectivity index (χ2n) is 4.70. The summed E-state index contributed by atoms with van der Waals surface area (Å²) >= 11 is 0. The zero-order valence-corrected chi connectivity index (χ0v) is 17.5. The van der Waals surface area contributed by atoms with E-state index < -0.39 is 0 Å². The van der Waals surface area contributed by atoms with Crippen molar-refractivity contribution in [1.29, 1.82) is 0 Å². The van der Waals surface area contributed by atoms with Gasteiger partial charge in [0.1, 0.15) is 11.5 Å². The highest BCUT2D eigenvalue weighted by Crippen LogP contribution is 2.14. The Morgan fingerprint density at radius 1 is 1.14 bits per heavy atom. The molecule has 2 rings (SSSR count). The second-order valence-corrected chi connectivity index (χ2v) is 4.70. The molecule has 0 spiro atoms. The first-order chi connectivity index (χ1) is 13.6. The highest BCUT2D eigenvalue weighted by atomic mass is 16.5. The van der Waals surface area contributed by atoms with Crippen LogP contribution in [0.25, 0.3) is 0 Å². The second kappa shape index (κ2) is 20.3. The Bertz CT molecular complexity index is 611. The molecule has 0 unspecified atom stereocenters. The van der Waals surface area contributed by atoms with Crippen LogP contribution in [-0.2, 0) is 11.3 Å². The summed E-state index contributed by atoms with van der Waals surface area (Å²) in [5, 5.41) is 3.20. The molecular formula is C21H34N4O3. The fraction of sp³-hybridized carbons (Fsp3) is 0.333. The van der Waals surface area contributed by atoms with Gasteiger partial charge in [0.15, 0.2) is 0 Å². The van der Waals surface area contributed by atoms with Crippen molar-refractivity contribution in [2.45, 2.75) is 20.4 Å². The van der Waals surface area contributed by atoms with Gasteiger partial charge in [-0.25, -0.2) is 4.99 Å². The number of ether oxygens (including phenoxy) is 2. The molecule has 0 saturated heterocycles. The van der Waals surface area contributed by atoms with Crippen LogP contribution in [-0.4, -0.2) is 40.7 Å². The van der Waals surface area contributed by atoms with Gasteiger partial charge < -0.3 is 24.9 Å². The molecule has 0 aliphatic heterocycles. The largest absolute Gasteiger partial charge is 0.497 e. The number of nitrogens with two attached hydrogens (primary N) is 1. The third-order valence-electron chi connectivity index (χ3n) is 2.81. The van der Waals surface area contributed by atoms with Crippen molar-refractivity contribution in [2.24, 2.45) is 15.7 Å². The maximum Gasteiger partial charge on any atom is 0.205 e. The van der Waals surface area contributed by atoms with E-state index >= 15 is 0 Å². The molecule has 0 radical (unpaired) electrons. The molecule has 1 heterocycles. The summed E-state index contributed by atoms with van der Waals surface area (Å²) in [4.78, 5) is 7.05. The summed E-state index contributed by atoms with van der Waals surface area (Å²) in [6, 6.07) is 11.6. The number of anilines is 1. The summed E-state index contributed by atoms with van der Waals surface area (Å²) in [5.41, 5.74) is 5.63. The average molecular weight is 391 g/mol. The molecule has 1 aromatic heterocycles. The smallest absolute Gasteiger partial charge is 0.205 e. The number of rotatable bonds is 8. The summed E-state index contributed by atoms with van der Waals surface area (Å²) in [6.07, 6.45) is 1.63. The predicted molar refractivity (Wildman–Crippen MR) is 120 cm³/mol. The van der Waals surface area contributed by atoms with Gasteiger partial charge in [0.2, 0.25) is 5.88 Å². The number of nitrogens with zero attached hydrogens (tertiary/aromatic N) is 2. The first-order valence-electron chi connectivity index (χ1n) is 8.80. The number of hydrogen-bond acceptors (Lipinski definition) is 7. The zero-order chi connectivity index (χ0) is 21.6. The quantitative estimate of drug-likeness (QED) is 0.515. The topological polar surface area (TPSA) is 94.4 Å². The highest BCUT2D eigenvalue weighted by Gasteiger charge is 1.90. The Morgan fingerprint density at radius 3 is 2.14 bits per heavy atom. The van der Waals surface area contributed by atoms with Crippen molar-refractivity contribution in [3.63, 3.8) is 0 Å². The number of hydrogen-bond donors (Lipinski definition) is 2. The van der Waals surface area contributed by atoms with Gasteiger partial charge in [0.25, 0.3) is 0 Å². The van der Waals surface area contributed by atoms with Crippen molar-refractivity contribution in [2.75, 3.05) is 32.6 Å². The van der Waals surface area contributed by atoms with E-state index in [4.69, 9.17) is 13.9 Å². The van der Waals surface area contributed by atoms with Crippen molar-refractivity contribution < 1.29 is 13.9 Å². The maximum absolute atomic E-state index is 5.02. The van der Waals surface area contributed by atoms with Crippen molar-refractivity contribution in [1.82, 2.24) is 0 Å². The minimum Gasteiger partial charge on any atom is -0.497 e. The lowest BCUT2D eigenvalue weighted by atomic mass is 10.3. The number of aliphatic imine (C=N–C) groups is 2. The molecule has 0 bridgehead atoms. The Balaban J connectivity index is 0. The van der Waals surface area contributed by atoms with Crippen LogP contribution >= 0.6 is 0 Å². The molecule has 1 aromatic carbocycles. The van der Waals surface area contributed by atoms with Gasteiger partial charge in [-0.05, 0) is 77.3 Å². The van der Waals surface area contributed by atoms with Crippen LogP contribution in [0.5, 0.6) is 5.75 Å². The normalized spacial score (nSPS) is 8.32. The van der Waals surface area contributed by atoms with Gasteiger partial charge in [-0.3, -0.25) is 4.99 Å². The van der Waals surface area contributed by atoms with Gasteiger partial charge in [-0.2, -0.15) is 0 Å². The minimum atomic E-state index is 0.391. The lowest BCUT2D eigenvalue weighted by molar-refractivity contribution is 0.229. The van der Waals surface area contributed by atoms with E-state index in [-0.39, 0.29) is 0 Å². The molecule has 0 saturated carbocycles. The third-order valence-corrected chi connectivity index (χ3v) is 2.81. The molecule has 7 heteroatoms. The molecular weight excluding hydrogens is 356 g/mol. The van der Waals surface area contributed by atoms with E-state index in [1.807, 2.05) is 43.3 Å². The van der Waals surface area contributed by atoms with Crippen molar-refractivity contribution in [3.05, 3.63) is 60.9 Å². The number of furan rings is 1. The third kappa shape index (κ3) is 15.2. The van der Waals surface area contributed by atoms with E-state index in [1.165, 1.54) is 7.05 Å². The minimum absolute atomic E-state index is 0.391. The van der Waals surface area contributed by atoms with E-state index in [2.05, 4.69) is 48.0 Å². The molecule has 0 amide bonds. The summed E-state index contributed by atoms with van der Waals surface area (Å²) in [5.74, 6) is 2.15. The molecule has 0 aliphatic carbocycles. The lowest BCUT2D eigenvalue weighted by Crippen LogP contribution is -1.95. The van der Waals surface area contributed by atoms with E-state index in [9.17, 15) is 0 Å². The molecule has 156 valence electrons. The standard InChI is InChI=1S/C9H13NO.C6H7NO.C5H9NO.CH5N/c1-3-10-8-4-6-9(11-2)7-5-8;1-7-5-6-3-2-4-8-6;1-4-7-5(2)6-3;1-2/h4-7,10H,3H2,1-2H3;2-4H,1,5H2;2-4H2,1H3;2H2,1H3. The Morgan fingerprint density at radius 2 is 1.79 bits per heavy atom. The number of benzene rings is 1. The number of nitrogens with one attached hydrogen (secondary N) is 1. The summed E-state index contributed by atoms with van der Waals surface area (Å²) in [6.45, 7) is 16.0. The van der Waals surface area contributed by atoms with Crippen LogP contribution in [0.1, 0.15) is 19.6 Å². The van der Waals surface area contributed by atoms with Crippen molar-refractivity contribution in [3.8, 4) is 5.75 Å². The van der Waals surface area contributed by atoms with Gasteiger partial charge in [-0.1, -0.05) is 0 Å². The van der Waals surface area contributed by atoms with Gasteiger partial charge in [0.05, 0.1) is 26.5 Å². The lowest BCUT2D eigenvalue weighted by Gasteiger charge is -2.03. The van der Waals surface area contributed by atoms with E-state index in [0.29, 0.717) is 19.0 Å². The van der Waals surface area contributed by atoms with Crippen LogP contribution in [0.2, 0.25) is 0 Å². The maximum atomic E-state index is 5.02. The molecule has 3 N–H and O–H groups in total. The molecule has 2 aromatic rings. The Kier molecular flexibility index (Phi) is 19.6. The first kappa shape index (κ1) is 27.2. The van der Waals surface area contributed by atoms with Crippen LogP contribution in [0.3, 0.4) is 0 Å². The molecule has 0 fully saturated rings. The van der Waals surface area contributed by atoms with Gasteiger partial charge >= 0.3 is 0 Å². The monoisotopic (exact) mass is 390 g/mol. The SMILES string of the molecule is C=NC(=C)OCC.C=NCc1ccco1.CCNc1ccc(OC)cc1.CN. The van der Waals surface area contributed by atoms with Crippen LogP contribution < -0.4 is 15.8 Å². The molecule has 7 nitrogen and oxygen atoms in total. The van der Waals surface area contributed by atoms with Crippen molar-refractivity contribution >= 4 is 19.1 Å². The van der Waals surface area contributed by atoms with Gasteiger partial charge in [-0.15, -0.1) is 0 Å². The predicted octanol–water partition coefficient (Wildman–Crippen LogP) is 4.38. The Labute approximate surface area is 169 Å². The zero-order valence-electron chi connectivity index (χ0n) is 17.5. The average Bonchev–Trinajstić information content (AvgIpc) is 3.25. The first-order valence-corrected chi connectivity index (χ1v) is 8.80. The molecule has 0 atom stereocenters. The number of methoxy groups -OCH3 is 1. The molecule has 0 aliphatic rings. The Hall–Kier alpha value is -3.06. The molecule has 28 heavy (non-hydrogen) atoms. The summed E-state index contributed by atoms with van der Waals surface area (Å²) < 4.78 is 14.7.